The predicted molar refractivity (Wildman–Crippen MR) is 35.7 cm³/mol. The molecule has 0 aromatic carbocycles. The van der Waals surface area contributed by atoms with E-state index in [2.05, 4.69) is 0 Å². The second kappa shape index (κ2) is 4.72. The van der Waals surface area contributed by atoms with Gasteiger partial charge in [-0.2, -0.15) is 0 Å². The van der Waals surface area contributed by atoms with E-state index < -0.39 is 0 Å². The molecule has 0 rings (SSSR count). The van der Waals surface area contributed by atoms with E-state index in [0.29, 0.717) is 0 Å². The van der Waals surface area contributed by atoms with Crippen LogP contribution in [0.2, 0.25) is 0 Å². The maximum Gasteiger partial charge on any atom is 1.00 e. The zero-order chi connectivity index (χ0) is 6.73. The molecule has 0 heterocycles. The van der Waals surface area contributed by atoms with E-state index in [1.165, 1.54) is 0 Å². The van der Waals surface area contributed by atoms with Crippen molar-refractivity contribution >= 4 is 5.96 Å². The van der Waals surface area contributed by atoms with Crippen LogP contribution in [0.5, 0.6) is 0 Å². The second-order valence-corrected chi connectivity index (χ2v) is 2.09. The van der Waals surface area contributed by atoms with Crippen molar-refractivity contribution in [2.45, 2.75) is 0 Å². The average molecular weight is 121 g/mol. The Bertz CT molecular complexity index is 80.2. The van der Waals surface area contributed by atoms with Gasteiger partial charge >= 0.3 is 18.9 Å². The van der Waals surface area contributed by atoms with Crippen LogP contribution in [0.25, 0.3) is 5.41 Å². The number of hydrogen-bond acceptors (Lipinski definition) is 0. The van der Waals surface area contributed by atoms with Gasteiger partial charge < -0.3 is 15.2 Å². The molecule has 0 fully saturated rings. The van der Waals surface area contributed by atoms with Crippen molar-refractivity contribution in [2.24, 2.45) is 0 Å². The summed E-state index contributed by atoms with van der Waals surface area (Å²) in [5.74, 6) is 0.269. The molecule has 0 aliphatic carbocycles. The van der Waals surface area contributed by atoms with Crippen LogP contribution in [-0.2, 0) is 0 Å². The molecule has 0 saturated heterocycles. The molecule has 0 spiro atoms. The summed E-state index contributed by atoms with van der Waals surface area (Å²) in [5.41, 5.74) is 0. The zero-order valence-corrected chi connectivity index (χ0v) is 6.84. The maximum atomic E-state index is 8.97. The summed E-state index contributed by atoms with van der Waals surface area (Å²) in [6, 6.07) is 0. The Morgan fingerprint density at radius 3 is 1.22 bits per heavy atom. The van der Waals surface area contributed by atoms with Gasteiger partial charge in [-0.3, -0.25) is 0 Å². The van der Waals surface area contributed by atoms with Crippen LogP contribution in [0.3, 0.4) is 0 Å². The van der Waals surface area contributed by atoms with Crippen LogP contribution >= 0.6 is 0 Å². The van der Waals surface area contributed by atoms with Gasteiger partial charge in [-0.25, -0.2) is 0 Å². The smallest absolute Gasteiger partial charge is 0.432 e. The molecule has 0 aliphatic heterocycles. The molecule has 9 heavy (non-hydrogen) atoms. The Morgan fingerprint density at radius 1 is 1.00 bits per heavy atom. The van der Waals surface area contributed by atoms with Crippen molar-refractivity contribution in [1.82, 2.24) is 9.80 Å². The molecule has 0 aliphatic rings. The molecule has 0 atom stereocenters. The van der Waals surface area contributed by atoms with E-state index >= 15 is 0 Å². The third-order valence-electron chi connectivity index (χ3n) is 0.800. The van der Waals surface area contributed by atoms with Crippen LogP contribution in [0.15, 0.2) is 0 Å². The third kappa shape index (κ3) is 4.38. The van der Waals surface area contributed by atoms with E-state index in [4.69, 9.17) is 5.41 Å². The van der Waals surface area contributed by atoms with Crippen LogP contribution < -0.4 is 18.9 Å². The normalized spacial score (nSPS) is 7.56. The van der Waals surface area contributed by atoms with Crippen LogP contribution in [0.4, 0.5) is 0 Å². The zero-order valence-electron chi connectivity index (χ0n) is 6.84. The molecule has 0 aromatic rings. The Balaban J connectivity index is 0. The first-order valence-corrected chi connectivity index (χ1v) is 2.46. The minimum Gasteiger partial charge on any atom is -0.432 e. The van der Waals surface area contributed by atoms with Gasteiger partial charge in [-0.05, 0) is 28.2 Å². The van der Waals surface area contributed by atoms with Gasteiger partial charge in [0.2, 0.25) is 0 Å². The summed E-state index contributed by atoms with van der Waals surface area (Å²) in [6.07, 6.45) is 0. The van der Waals surface area contributed by atoms with Crippen molar-refractivity contribution in [3.05, 3.63) is 5.41 Å². The van der Waals surface area contributed by atoms with Crippen LogP contribution in [0, 0.1) is 0 Å². The SMILES string of the molecule is CN(C)C(=[N-])N(C)C.[Li+]. The Morgan fingerprint density at radius 2 is 1.22 bits per heavy atom. The average Bonchev–Trinajstić information content (AvgIpc) is 1.64. The number of rotatable bonds is 0. The summed E-state index contributed by atoms with van der Waals surface area (Å²) in [4.78, 5) is 3.28. The number of hydrogen-bond donors (Lipinski definition) is 0. The Hall–Kier alpha value is -0.133. The fraction of sp³-hybridized carbons (Fsp3) is 0.800. The first-order valence-electron chi connectivity index (χ1n) is 2.46. The molecule has 4 heteroatoms. The van der Waals surface area contributed by atoms with E-state index in [9.17, 15) is 0 Å². The molecule has 0 amide bonds. The van der Waals surface area contributed by atoms with E-state index in [1.807, 2.05) is 0 Å². The summed E-state index contributed by atoms with van der Waals surface area (Å²) in [6.45, 7) is 0. The van der Waals surface area contributed by atoms with Gasteiger partial charge in [-0.15, -0.1) is 0 Å². The first kappa shape index (κ1) is 11.6. The molecule has 48 valence electrons. The number of guanidine groups is 1. The minimum absolute atomic E-state index is 0. The van der Waals surface area contributed by atoms with Gasteiger partial charge in [0, 0.05) is 5.96 Å². The van der Waals surface area contributed by atoms with Crippen LogP contribution in [-0.4, -0.2) is 44.0 Å². The standard InChI is InChI=1S/C5H12N3.Li/c1-7(2)5(6)8(3)4;/h1-4H3;/q-1;+1. The summed E-state index contributed by atoms with van der Waals surface area (Å²) in [5, 5.41) is 8.97. The van der Waals surface area contributed by atoms with Crippen molar-refractivity contribution in [1.29, 1.82) is 0 Å². The van der Waals surface area contributed by atoms with Gasteiger partial charge in [0.1, 0.15) is 0 Å². The minimum atomic E-state index is 0. The molecule has 0 N–H and O–H groups in total. The van der Waals surface area contributed by atoms with Crippen molar-refractivity contribution in [3.63, 3.8) is 0 Å². The van der Waals surface area contributed by atoms with Gasteiger partial charge in [0.25, 0.3) is 0 Å². The second-order valence-electron chi connectivity index (χ2n) is 2.09. The predicted octanol–water partition coefficient (Wildman–Crippen LogP) is -2.96. The molecule has 0 aromatic heterocycles. The van der Waals surface area contributed by atoms with Crippen molar-refractivity contribution < 1.29 is 18.9 Å². The molecule has 0 bridgehead atoms. The molecule has 0 unspecified atom stereocenters. The van der Waals surface area contributed by atoms with Crippen LogP contribution in [0.1, 0.15) is 0 Å². The fourth-order valence-electron chi connectivity index (χ4n) is 0.400. The molecular formula is C5H12LiN3. The van der Waals surface area contributed by atoms with Crippen molar-refractivity contribution in [3.8, 4) is 0 Å². The van der Waals surface area contributed by atoms with E-state index in [1.54, 1.807) is 38.0 Å². The maximum absolute atomic E-state index is 8.97. The summed E-state index contributed by atoms with van der Waals surface area (Å²) < 4.78 is 0. The van der Waals surface area contributed by atoms with Gasteiger partial charge in [0.05, 0.1) is 0 Å². The van der Waals surface area contributed by atoms with Crippen molar-refractivity contribution in [2.75, 3.05) is 28.2 Å². The largest absolute Gasteiger partial charge is 1.00 e. The molecule has 3 nitrogen and oxygen atoms in total. The van der Waals surface area contributed by atoms with E-state index in [0.717, 1.165) is 0 Å². The van der Waals surface area contributed by atoms with Gasteiger partial charge in [-0.1, -0.05) is 0 Å². The molecule has 0 saturated carbocycles. The Labute approximate surface area is 68.7 Å². The summed E-state index contributed by atoms with van der Waals surface area (Å²) in [7, 11) is 7.15. The molecular weight excluding hydrogens is 109 g/mol. The van der Waals surface area contributed by atoms with E-state index in [-0.39, 0.29) is 24.8 Å². The molecule has 0 radical (unpaired) electrons. The topological polar surface area (TPSA) is 28.8 Å². The monoisotopic (exact) mass is 121 g/mol. The quantitative estimate of drug-likeness (QED) is 0.195. The first-order chi connectivity index (χ1) is 3.55. The fourth-order valence-corrected chi connectivity index (χ4v) is 0.400. The third-order valence-corrected chi connectivity index (χ3v) is 0.800. The summed E-state index contributed by atoms with van der Waals surface area (Å²) >= 11 is 0. The van der Waals surface area contributed by atoms with Gasteiger partial charge in [0.15, 0.2) is 0 Å². The Kier molecular flexibility index (Phi) is 6.10. The number of nitrogens with zero attached hydrogens (tertiary/aromatic N) is 3.